The Balaban J connectivity index is 1.65. The van der Waals surface area contributed by atoms with Crippen LogP contribution < -0.4 is 10.9 Å². The topological polar surface area (TPSA) is 62.0 Å². The molecule has 3 aromatic rings. The minimum atomic E-state index is -0.324. The number of carbonyl (C=O) groups is 1. The Morgan fingerprint density at radius 1 is 1.08 bits per heavy atom. The molecule has 5 heteroatoms. The predicted octanol–water partition coefficient (Wildman–Crippen LogP) is 3.19. The molecule has 4 nitrogen and oxygen atoms in total. The van der Waals surface area contributed by atoms with E-state index in [4.69, 9.17) is 0 Å². The van der Waals surface area contributed by atoms with Crippen LogP contribution in [0, 0.1) is 19.7 Å². The number of carbonyl (C=O) groups excluding carboxylic acids is 1. The number of nitrogens with one attached hydrogen (secondary N) is 2. The lowest BCUT2D eigenvalue weighted by molar-refractivity contribution is -0.120. The van der Waals surface area contributed by atoms with Crippen molar-refractivity contribution in [1.29, 1.82) is 0 Å². The number of H-pyrrole nitrogens is 1. The zero-order valence-electron chi connectivity index (χ0n) is 14.9. The molecule has 3 rings (SSSR count). The SMILES string of the molecule is Cc1ccc(C)c2[nH]c(=O)c(CCNC(=O)Cc3ccc(F)cc3)cc12. The van der Waals surface area contributed by atoms with Crippen molar-refractivity contribution in [3.8, 4) is 0 Å². The second-order valence-corrected chi connectivity index (χ2v) is 6.51. The van der Waals surface area contributed by atoms with Gasteiger partial charge in [0.1, 0.15) is 5.82 Å². The molecule has 0 atom stereocenters. The fourth-order valence-corrected chi connectivity index (χ4v) is 2.99. The van der Waals surface area contributed by atoms with E-state index in [0.29, 0.717) is 18.5 Å². The van der Waals surface area contributed by atoms with E-state index >= 15 is 0 Å². The van der Waals surface area contributed by atoms with Crippen LogP contribution in [0.2, 0.25) is 0 Å². The number of rotatable bonds is 5. The summed E-state index contributed by atoms with van der Waals surface area (Å²) in [6.45, 7) is 4.35. The maximum Gasteiger partial charge on any atom is 0.251 e. The van der Waals surface area contributed by atoms with Crippen molar-refractivity contribution in [3.05, 3.63) is 80.9 Å². The largest absolute Gasteiger partial charge is 0.355 e. The zero-order valence-corrected chi connectivity index (χ0v) is 14.9. The lowest BCUT2D eigenvalue weighted by Gasteiger charge is -2.09. The third-order valence-electron chi connectivity index (χ3n) is 4.52. The fourth-order valence-electron chi connectivity index (χ4n) is 2.99. The number of fused-ring (bicyclic) bond motifs is 1. The molecule has 0 bridgehead atoms. The predicted molar refractivity (Wildman–Crippen MR) is 101 cm³/mol. The third kappa shape index (κ3) is 3.99. The first-order valence-electron chi connectivity index (χ1n) is 8.57. The van der Waals surface area contributed by atoms with E-state index in [-0.39, 0.29) is 23.7 Å². The monoisotopic (exact) mass is 352 g/mol. The molecule has 0 radical (unpaired) electrons. The van der Waals surface area contributed by atoms with E-state index in [1.54, 1.807) is 12.1 Å². The van der Waals surface area contributed by atoms with Crippen molar-refractivity contribution >= 4 is 16.8 Å². The van der Waals surface area contributed by atoms with Gasteiger partial charge in [0.05, 0.1) is 11.9 Å². The first-order chi connectivity index (χ1) is 12.4. The molecule has 0 saturated heterocycles. The second-order valence-electron chi connectivity index (χ2n) is 6.51. The molecule has 1 amide bonds. The summed E-state index contributed by atoms with van der Waals surface area (Å²) in [5.74, 6) is -0.476. The summed E-state index contributed by atoms with van der Waals surface area (Å²) < 4.78 is 12.9. The molecule has 1 heterocycles. The van der Waals surface area contributed by atoms with Crippen LogP contribution in [0.25, 0.3) is 10.9 Å². The molecule has 0 aliphatic carbocycles. The summed E-state index contributed by atoms with van der Waals surface area (Å²) >= 11 is 0. The number of hydrogen-bond donors (Lipinski definition) is 2. The Hall–Kier alpha value is -2.95. The Labute approximate surface area is 151 Å². The van der Waals surface area contributed by atoms with Crippen molar-refractivity contribution < 1.29 is 9.18 Å². The summed E-state index contributed by atoms with van der Waals surface area (Å²) in [4.78, 5) is 27.2. The van der Waals surface area contributed by atoms with Gasteiger partial charge in [0.15, 0.2) is 0 Å². The van der Waals surface area contributed by atoms with Gasteiger partial charge in [-0.25, -0.2) is 4.39 Å². The highest BCUT2D eigenvalue weighted by atomic mass is 19.1. The highest BCUT2D eigenvalue weighted by molar-refractivity contribution is 5.85. The van der Waals surface area contributed by atoms with Crippen molar-refractivity contribution in [2.24, 2.45) is 0 Å². The van der Waals surface area contributed by atoms with Crippen molar-refractivity contribution in [2.75, 3.05) is 6.54 Å². The molecule has 134 valence electrons. The Morgan fingerprint density at radius 2 is 1.77 bits per heavy atom. The van der Waals surface area contributed by atoms with E-state index in [9.17, 15) is 14.0 Å². The number of benzene rings is 2. The van der Waals surface area contributed by atoms with Crippen LogP contribution in [0.15, 0.2) is 47.3 Å². The molecule has 0 aliphatic heterocycles. The van der Waals surface area contributed by atoms with Gasteiger partial charge < -0.3 is 10.3 Å². The van der Waals surface area contributed by atoms with E-state index in [1.807, 2.05) is 32.0 Å². The van der Waals surface area contributed by atoms with Gasteiger partial charge in [0, 0.05) is 17.5 Å². The van der Waals surface area contributed by atoms with Gasteiger partial charge in [-0.15, -0.1) is 0 Å². The third-order valence-corrected chi connectivity index (χ3v) is 4.52. The minimum absolute atomic E-state index is 0.126. The number of halogens is 1. The van der Waals surface area contributed by atoms with Crippen molar-refractivity contribution in [1.82, 2.24) is 10.3 Å². The van der Waals surface area contributed by atoms with Crippen LogP contribution in [0.1, 0.15) is 22.3 Å². The van der Waals surface area contributed by atoms with Gasteiger partial charge in [-0.2, -0.15) is 0 Å². The molecule has 0 spiro atoms. The van der Waals surface area contributed by atoms with E-state index in [0.717, 1.165) is 27.6 Å². The minimum Gasteiger partial charge on any atom is -0.355 e. The molecule has 0 aliphatic rings. The van der Waals surface area contributed by atoms with Crippen LogP contribution in [-0.2, 0) is 17.6 Å². The lowest BCUT2D eigenvalue weighted by Crippen LogP contribution is -2.28. The van der Waals surface area contributed by atoms with Crippen LogP contribution in [-0.4, -0.2) is 17.4 Å². The summed E-state index contributed by atoms with van der Waals surface area (Å²) in [6, 6.07) is 11.8. The average Bonchev–Trinajstić information content (AvgIpc) is 2.61. The normalized spacial score (nSPS) is 10.9. The van der Waals surface area contributed by atoms with Crippen LogP contribution in [0.3, 0.4) is 0 Å². The average molecular weight is 352 g/mol. The molecule has 26 heavy (non-hydrogen) atoms. The number of pyridine rings is 1. The van der Waals surface area contributed by atoms with Gasteiger partial charge in [0.25, 0.3) is 5.56 Å². The van der Waals surface area contributed by atoms with Crippen LogP contribution >= 0.6 is 0 Å². The molecule has 0 fully saturated rings. The van der Waals surface area contributed by atoms with Crippen molar-refractivity contribution in [3.63, 3.8) is 0 Å². The smallest absolute Gasteiger partial charge is 0.251 e. The Morgan fingerprint density at radius 3 is 2.50 bits per heavy atom. The molecule has 1 aromatic heterocycles. The number of aromatic nitrogens is 1. The van der Waals surface area contributed by atoms with E-state index in [2.05, 4.69) is 10.3 Å². The molecule has 0 unspecified atom stereocenters. The quantitative estimate of drug-likeness (QED) is 0.741. The number of hydrogen-bond acceptors (Lipinski definition) is 2. The standard InChI is InChI=1S/C21H21FN2O2/c1-13-3-4-14(2)20-18(13)12-16(21(26)24-20)9-10-23-19(25)11-15-5-7-17(22)8-6-15/h3-8,12H,9-11H2,1-2H3,(H,23,25)(H,24,26). The summed E-state index contributed by atoms with van der Waals surface area (Å²) in [6.07, 6.45) is 0.639. The first kappa shape index (κ1) is 17.9. The summed E-state index contributed by atoms with van der Waals surface area (Å²) in [5.41, 5.74) is 4.26. The Bertz CT molecular complexity index is 1010. The molecular formula is C21H21FN2O2. The maximum atomic E-state index is 12.9. The van der Waals surface area contributed by atoms with E-state index < -0.39 is 0 Å². The number of aryl methyl sites for hydroxylation is 2. The maximum absolute atomic E-state index is 12.9. The molecule has 0 saturated carbocycles. The Kier molecular flexibility index (Phi) is 5.16. The molecule has 2 N–H and O–H groups in total. The lowest BCUT2D eigenvalue weighted by atomic mass is 10.0. The van der Waals surface area contributed by atoms with Crippen LogP contribution in [0.4, 0.5) is 4.39 Å². The van der Waals surface area contributed by atoms with E-state index in [1.165, 1.54) is 12.1 Å². The zero-order chi connectivity index (χ0) is 18.7. The van der Waals surface area contributed by atoms with Gasteiger partial charge in [0.2, 0.25) is 5.91 Å². The summed E-state index contributed by atoms with van der Waals surface area (Å²) in [7, 11) is 0. The van der Waals surface area contributed by atoms with Gasteiger partial charge in [-0.1, -0.05) is 24.3 Å². The van der Waals surface area contributed by atoms with Crippen molar-refractivity contribution in [2.45, 2.75) is 26.7 Å². The highest BCUT2D eigenvalue weighted by Crippen LogP contribution is 2.19. The number of aromatic amines is 1. The number of amides is 1. The van der Waals surface area contributed by atoms with Crippen LogP contribution in [0.5, 0.6) is 0 Å². The molecule has 2 aromatic carbocycles. The first-order valence-corrected chi connectivity index (χ1v) is 8.57. The van der Waals surface area contributed by atoms with Gasteiger partial charge in [-0.3, -0.25) is 9.59 Å². The van der Waals surface area contributed by atoms with Gasteiger partial charge in [-0.05, 0) is 55.2 Å². The fraction of sp³-hybridized carbons (Fsp3) is 0.238. The van der Waals surface area contributed by atoms with Gasteiger partial charge >= 0.3 is 0 Å². The highest BCUT2D eigenvalue weighted by Gasteiger charge is 2.08. The summed E-state index contributed by atoms with van der Waals surface area (Å²) in [5, 5.41) is 3.84. The molecular weight excluding hydrogens is 331 g/mol. The second kappa shape index (κ2) is 7.52.